The molecule has 0 saturated heterocycles. The van der Waals surface area contributed by atoms with E-state index in [1.807, 2.05) is 6.07 Å². The van der Waals surface area contributed by atoms with Crippen LogP contribution in [0.4, 0.5) is 4.39 Å². The van der Waals surface area contributed by atoms with Gasteiger partial charge in [-0.25, -0.2) is 4.39 Å². The average Bonchev–Trinajstić information content (AvgIpc) is 2.89. The summed E-state index contributed by atoms with van der Waals surface area (Å²) in [6.07, 6.45) is 1.94. The Morgan fingerprint density at radius 1 is 1.38 bits per heavy atom. The summed E-state index contributed by atoms with van der Waals surface area (Å²) < 4.78 is 19.8. The molecule has 0 saturated carbocycles. The van der Waals surface area contributed by atoms with Crippen molar-refractivity contribution in [2.75, 3.05) is 13.7 Å². The highest BCUT2D eigenvalue weighted by Gasteiger charge is 2.15. The van der Waals surface area contributed by atoms with E-state index in [2.05, 4.69) is 39.6 Å². The number of halogens is 2. The van der Waals surface area contributed by atoms with Gasteiger partial charge in [-0.2, -0.15) is 0 Å². The van der Waals surface area contributed by atoms with Crippen molar-refractivity contribution in [3.63, 3.8) is 0 Å². The van der Waals surface area contributed by atoms with Crippen molar-refractivity contribution in [3.8, 4) is 5.75 Å². The molecule has 0 aliphatic carbocycles. The first-order chi connectivity index (χ1) is 10.1. The Labute approximate surface area is 137 Å². The topological polar surface area (TPSA) is 21.3 Å². The predicted octanol–water partition coefficient (Wildman–Crippen LogP) is 4.94. The third-order valence-electron chi connectivity index (χ3n) is 3.25. The number of methoxy groups -OCH3 is 1. The lowest BCUT2D eigenvalue weighted by atomic mass is 10.0. The molecule has 2 rings (SSSR count). The van der Waals surface area contributed by atoms with Gasteiger partial charge in [-0.15, -0.1) is 11.3 Å². The largest absolute Gasteiger partial charge is 0.494 e. The minimum absolute atomic E-state index is 0.157. The second-order valence-electron chi connectivity index (χ2n) is 4.84. The van der Waals surface area contributed by atoms with Gasteiger partial charge in [0.1, 0.15) is 0 Å². The van der Waals surface area contributed by atoms with E-state index in [1.165, 1.54) is 18.1 Å². The Morgan fingerprint density at radius 2 is 2.19 bits per heavy atom. The lowest BCUT2D eigenvalue weighted by molar-refractivity contribution is 0.384. The van der Waals surface area contributed by atoms with Gasteiger partial charge in [-0.3, -0.25) is 0 Å². The van der Waals surface area contributed by atoms with Gasteiger partial charge in [0.2, 0.25) is 0 Å². The van der Waals surface area contributed by atoms with E-state index in [1.54, 1.807) is 17.4 Å². The van der Waals surface area contributed by atoms with Crippen LogP contribution in [0.5, 0.6) is 5.75 Å². The number of nitrogens with one attached hydrogen (secondary N) is 1. The van der Waals surface area contributed by atoms with Crippen LogP contribution in [0.25, 0.3) is 0 Å². The van der Waals surface area contributed by atoms with Gasteiger partial charge in [0, 0.05) is 27.2 Å². The van der Waals surface area contributed by atoms with Crippen molar-refractivity contribution < 1.29 is 9.13 Å². The molecule has 1 heterocycles. The first-order valence-electron chi connectivity index (χ1n) is 6.93. The van der Waals surface area contributed by atoms with E-state index < -0.39 is 0 Å². The van der Waals surface area contributed by atoms with E-state index in [0.717, 1.165) is 29.4 Å². The minimum atomic E-state index is -0.325. The monoisotopic (exact) mass is 371 g/mol. The molecule has 0 radical (unpaired) electrons. The molecule has 0 bridgehead atoms. The molecule has 1 aromatic carbocycles. The van der Waals surface area contributed by atoms with Crippen LogP contribution in [-0.4, -0.2) is 13.7 Å². The molecule has 21 heavy (non-hydrogen) atoms. The number of rotatable bonds is 7. The van der Waals surface area contributed by atoms with Gasteiger partial charge in [0.15, 0.2) is 11.6 Å². The van der Waals surface area contributed by atoms with Crippen molar-refractivity contribution in [1.82, 2.24) is 5.32 Å². The van der Waals surface area contributed by atoms with Crippen LogP contribution in [0.3, 0.4) is 0 Å². The summed E-state index contributed by atoms with van der Waals surface area (Å²) in [5, 5.41) is 5.61. The van der Waals surface area contributed by atoms with Crippen LogP contribution >= 0.6 is 27.3 Å². The van der Waals surface area contributed by atoms with E-state index >= 15 is 0 Å². The highest BCUT2D eigenvalue weighted by molar-refractivity contribution is 9.10. The minimum Gasteiger partial charge on any atom is -0.494 e. The van der Waals surface area contributed by atoms with Crippen molar-refractivity contribution in [2.45, 2.75) is 25.8 Å². The molecular weight excluding hydrogens is 353 g/mol. The first-order valence-corrected chi connectivity index (χ1v) is 8.61. The van der Waals surface area contributed by atoms with Gasteiger partial charge in [-0.1, -0.05) is 13.0 Å². The lowest BCUT2D eigenvalue weighted by Crippen LogP contribution is -2.24. The van der Waals surface area contributed by atoms with E-state index in [4.69, 9.17) is 4.74 Å². The van der Waals surface area contributed by atoms with Crippen LogP contribution < -0.4 is 10.1 Å². The molecule has 1 aromatic heterocycles. The summed E-state index contributed by atoms with van der Waals surface area (Å²) in [5.74, 6) is -0.0301. The van der Waals surface area contributed by atoms with Gasteiger partial charge in [0.25, 0.3) is 0 Å². The molecule has 0 aliphatic rings. The molecule has 114 valence electrons. The Morgan fingerprint density at radius 3 is 2.81 bits per heavy atom. The SMILES string of the molecule is CCCNC(Cc1cc(Br)cs1)c1ccc(F)c(OC)c1. The second kappa shape index (κ2) is 7.92. The van der Waals surface area contributed by atoms with Crippen LogP contribution in [0.1, 0.15) is 29.8 Å². The van der Waals surface area contributed by atoms with E-state index in [9.17, 15) is 4.39 Å². The van der Waals surface area contributed by atoms with Gasteiger partial charge in [-0.05, 0) is 52.7 Å². The molecule has 2 nitrogen and oxygen atoms in total. The van der Waals surface area contributed by atoms with Crippen LogP contribution in [0, 0.1) is 5.82 Å². The first kappa shape index (κ1) is 16.5. The van der Waals surface area contributed by atoms with Crippen molar-refractivity contribution in [2.24, 2.45) is 0 Å². The second-order valence-corrected chi connectivity index (χ2v) is 6.75. The van der Waals surface area contributed by atoms with Crippen LogP contribution in [0.15, 0.2) is 34.1 Å². The van der Waals surface area contributed by atoms with Crippen LogP contribution in [0.2, 0.25) is 0 Å². The summed E-state index contributed by atoms with van der Waals surface area (Å²) in [6, 6.07) is 7.37. The summed E-state index contributed by atoms with van der Waals surface area (Å²) in [7, 11) is 1.49. The molecule has 1 atom stereocenters. The number of ether oxygens (including phenoxy) is 1. The fourth-order valence-electron chi connectivity index (χ4n) is 2.18. The van der Waals surface area contributed by atoms with Gasteiger partial charge < -0.3 is 10.1 Å². The van der Waals surface area contributed by atoms with Gasteiger partial charge in [0.05, 0.1) is 7.11 Å². The number of hydrogen-bond donors (Lipinski definition) is 1. The number of benzene rings is 1. The zero-order valence-corrected chi connectivity index (χ0v) is 14.6. The molecule has 0 fully saturated rings. The maximum absolute atomic E-state index is 13.6. The zero-order chi connectivity index (χ0) is 15.2. The Bertz CT molecular complexity index is 587. The average molecular weight is 372 g/mol. The standard InChI is InChI=1S/C16H19BrFNOS/c1-3-6-19-15(9-13-8-12(17)10-21-13)11-4-5-14(18)16(7-11)20-2/h4-5,7-8,10,15,19H,3,6,9H2,1-2H3. The third-order valence-corrected chi connectivity index (χ3v) is 4.97. The van der Waals surface area contributed by atoms with Gasteiger partial charge >= 0.3 is 0 Å². The quantitative estimate of drug-likeness (QED) is 0.743. The molecule has 5 heteroatoms. The number of hydrogen-bond acceptors (Lipinski definition) is 3. The molecule has 0 spiro atoms. The molecule has 0 amide bonds. The Hall–Kier alpha value is -0.910. The maximum atomic E-state index is 13.6. The molecule has 2 aromatic rings. The molecular formula is C16H19BrFNOS. The number of thiophene rings is 1. The summed E-state index contributed by atoms with van der Waals surface area (Å²) >= 11 is 5.21. The molecule has 1 unspecified atom stereocenters. The lowest BCUT2D eigenvalue weighted by Gasteiger charge is -2.19. The third kappa shape index (κ3) is 4.53. The Kier molecular flexibility index (Phi) is 6.21. The summed E-state index contributed by atoms with van der Waals surface area (Å²) in [5.41, 5.74) is 1.05. The maximum Gasteiger partial charge on any atom is 0.165 e. The fraction of sp³-hybridized carbons (Fsp3) is 0.375. The van der Waals surface area contributed by atoms with E-state index in [-0.39, 0.29) is 11.9 Å². The van der Waals surface area contributed by atoms with Crippen molar-refractivity contribution in [3.05, 3.63) is 50.4 Å². The van der Waals surface area contributed by atoms with Crippen molar-refractivity contribution in [1.29, 1.82) is 0 Å². The fourth-order valence-corrected chi connectivity index (χ4v) is 3.68. The molecule has 1 N–H and O–H groups in total. The smallest absolute Gasteiger partial charge is 0.165 e. The zero-order valence-electron chi connectivity index (χ0n) is 12.2. The van der Waals surface area contributed by atoms with Crippen molar-refractivity contribution >= 4 is 27.3 Å². The summed E-state index contributed by atoms with van der Waals surface area (Å²) in [4.78, 5) is 1.29. The predicted molar refractivity (Wildman–Crippen MR) is 89.7 cm³/mol. The highest BCUT2D eigenvalue weighted by Crippen LogP contribution is 2.28. The summed E-state index contributed by atoms with van der Waals surface area (Å²) in [6.45, 7) is 3.06. The normalized spacial score (nSPS) is 12.4. The van der Waals surface area contributed by atoms with Crippen LogP contribution in [-0.2, 0) is 6.42 Å². The van der Waals surface area contributed by atoms with E-state index in [0.29, 0.717) is 5.75 Å². The highest BCUT2D eigenvalue weighted by atomic mass is 79.9. The Balaban J connectivity index is 2.22. The molecule has 0 aliphatic heterocycles.